The van der Waals surface area contributed by atoms with Crippen molar-refractivity contribution in [3.8, 4) is 11.5 Å². The molecular weight excluding hydrogens is 374 g/mol. The van der Waals surface area contributed by atoms with Crippen LogP contribution in [0.3, 0.4) is 0 Å². The first-order valence-electron chi connectivity index (χ1n) is 7.91. The first-order chi connectivity index (χ1) is 12.4. The number of rotatable bonds is 7. The lowest BCUT2D eigenvalue weighted by Gasteiger charge is -2.12. The second-order valence-corrected chi connectivity index (χ2v) is 5.67. The molecule has 9 heteroatoms. The van der Waals surface area contributed by atoms with Gasteiger partial charge in [-0.3, -0.25) is 14.9 Å². The third-order valence-electron chi connectivity index (χ3n) is 3.97. The van der Waals surface area contributed by atoms with Crippen LogP contribution in [0.15, 0.2) is 30.3 Å². The highest BCUT2D eigenvalue weighted by molar-refractivity contribution is 5.96. The van der Waals surface area contributed by atoms with Crippen LogP contribution >= 0.6 is 12.4 Å². The summed E-state index contributed by atoms with van der Waals surface area (Å²) in [4.78, 5) is 23.1. The van der Waals surface area contributed by atoms with Crippen molar-refractivity contribution in [1.82, 2.24) is 5.32 Å². The van der Waals surface area contributed by atoms with E-state index in [2.05, 4.69) is 5.32 Å². The number of nitrogens with zero attached hydrogens (tertiary/aromatic N) is 1. The van der Waals surface area contributed by atoms with E-state index < -0.39 is 4.92 Å². The number of hydrogen-bond donors (Lipinski definition) is 2. The van der Waals surface area contributed by atoms with Gasteiger partial charge in [0.15, 0.2) is 11.5 Å². The topological polar surface area (TPSA) is 117 Å². The van der Waals surface area contributed by atoms with Gasteiger partial charge in [0.25, 0.3) is 11.6 Å². The summed E-state index contributed by atoms with van der Waals surface area (Å²) < 4.78 is 10.3. The van der Waals surface area contributed by atoms with E-state index in [4.69, 9.17) is 15.2 Å². The molecule has 0 radical (unpaired) electrons. The molecule has 2 rings (SSSR count). The average molecular weight is 396 g/mol. The Bertz CT molecular complexity index is 842. The summed E-state index contributed by atoms with van der Waals surface area (Å²) in [7, 11) is 2.87. The Kier molecular flexibility index (Phi) is 7.86. The molecule has 0 fully saturated rings. The number of aryl methyl sites for hydroxylation is 1. The smallest absolute Gasteiger partial charge is 0.276 e. The Balaban J connectivity index is 0.00000364. The number of halogens is 1. The lowest BCUT2D eigenvalue weighted by molar-refractivity contribution is -0.385. The molecule has 146 valence electrons. The molecule has 3 N–H and O–H groups in total. The summed E-state index contributed by atoms with van der Waals surface area (Å²) in [6, 6.07) is 7.96. The van der Waals surface area contributed by atoms with Crippen LogP contribution < -0.4 is 20.5 Å². The Hall–Kier alpha value is -3.00. The van der Waals surface area contributed by atoms with Crippen molar-refractivity contribution in [2.75, 3.05) is 26.5 Å². The monoisotopic (exact) mass is 395 g/mol. The van der Waals surface area contributed by atoms with Crippen LogP contribution in [0.25, 0.3) is 0 Å². The van der Waals surface area contributed by atoms with Crippen molar-refractivity contribution in [1.29, 1.82) is 0 Å². The number of nitrogens with one attached hydrogen (secondary N) is 1. The van der Waals surface area contributed by atoms with E-state index in [1.807, 2.05) is 6.92 Å². The summed E-state index contributed by atoms with van der Waals surface area (Å²) in [5.41, 5.74) is 7.85. The molecule has 0 atom stereocenters. The van der Waals surface area contributed by atoms with Gasteiger partial charge in [0.2, 0.25) is 0 Å². The zero-order chi connectivity index (χ0) is 19.3. The number of hydrogen-bond acceptors (Lipinski definition) is 6. The largest absolute Gasteiger partial charge is 0.493 e. The molecular formula is C18H22ClN3O5. The predicted molar refractivity (Wildman–Crippen MR) is 105 cm³/mol. The van der Waals surface area contributed by atoms with Gasteiger partial charge in [-0.05, 0) is 37.1 Å². The highest BCUT2D eigenvalue weighted by Crippen LogP contribution is 2.34. The molecule has 27 heavy (non-hydrogen) atoms. The van der Waals surface area contributed by atoms with Crippen LogP contribution in [0, 0.1) is 17.0 Å². The lowest BCUT2D eigenvalue weighted by atomic mass is 10.1. The Morgan fingerprint density at radius 2 is 1.81 bits per heavy atom. The van der Waals surface area contributed by atoms with Crippen LogP contribution in [0.4, 0.5) is 11.4 Å². The normalized spacial score (nSPS) is 9.89. The minimum Gasteiger partial charge on any atom is -0.493 e. The number of nitro benzene ring substituents is 1. The summed E-state index contributed by atoms with van der Waals surface area (Å²) >= 11 is 0. The Morgan fingerprint density at radius 3 is 2.41 bits per heavy atom. The quantitative estimate of drug-likeness (QED) is 0.423. The molecule has 0 spiro atoms. The van der Waals surface area contributed by atoms with Gasteiger partial charge in [0.05, 0.1) is 25.2 Å². The molecule has 0 bridgehead atoms. The maximum absolute atomic E-state index is 12.3. The fraction of sp³-hybridized carbons (Fsp3) is 0.278. The fourth-order valence-electron chi connectivity index (χ4n) is 2.57. The van der Waals surface area contributed by atoms with Crippen molar-refractivity contribution in [2.24, 2.45) is 0 Å². The molecule has 1 amide bonds. The third kappa shape index (κ3) is 5.24. The number of anilines is 1. The van der Waals surface area contributed by atoms with Gasteiger partial charge in [-0.15, -0.1) is 12.4 Å². The van der Waals surface area contributed by atoms with Crippen molar-refractivity contribution in [3.63, 3.8) is 0 Å². The number of nitro groups is 1. The minimum atomic E-state index is -0.485. The van der Waals surface area contributed by atoms with E-state index in [1.54, 1.807) is 24.3 Å². The van der Waals surface area contributed by atoms with Crippen LogP contribution in [-0.2, 0) is 6.42 Å². The number of amides is 1. The summed E-state index contributed by atoms with van der Waals surface area (Å²) in [6.45, 7) is 2.04. The number of nitrogens with two attached hydrogens (primary N) is 1. The van der Waals surface area contributed by atoms with Crippen molar-refractivity contribution < 1.29 is 19.2 Å². The summed E-state index contributed by atoms with van der Waals surface area (Å²) in [6.07, 6.45) is 0.268. The Morgan fingerprint density at radius 1 is 1.19 bits per heavy atom. The van der Waals surface area contributed by atoms with E-state index in [-0.39, 0.29) is 42.7 Å². The third-order valence-corrected chi connectivity index (χ3v) is 3.97. The van der Waals surface area contributed by atoms with E-state index >= 15 is 0 Å². The first-order valence-corrected chi connectivity index (χ1v) is 7.91. The van der Waals surface area contributed by atoms with Gasteiger partial charge in [-0.1, -0.05) is 6.07 Å². The van der Waals surface area contributed by atoms with Crippen LogP contribution in [0.5, 0.6) is 11.5 Å². The van der Waals surface area contributed by atoms with E-state index in [0.717, 1.165) is 5.56 Å². The summed E-state index contributed by atoms with van der Waals surface area (Å²) in [5.74, 6) is 0.395. The molecule has 0 heterocycles. The number of ether oxygens (including phenoxy) is 2. The zero-order valence-corrected chi connectivity index (χ0v) is 16.1. The fourth-order valence-corrected chi connectivity index (χ4v) is 2.57. The maximum atomic E-state index is 12.3. The lowest BCUT2D eigenvalue weighted by Crippen LogP contribution is -2.26. The average Bonchev–Trinajstić information content (AvgIpc) is 2.62. The molecule has 0 aliphatic rings. The molecule has 0 aromatic heterocycles. The molecule has 2 aromatic carbocycles. The molecule has 0 saturated heterocycles. The minimum absolute atomic E-state index is 0. The maximum Gasteiger partial charge on any atom is 0.276 e. The second-order valence-electron chi connectivity index (χ2n) is 5.67. The molecule has 0 unspecified atom stereocenters. The Labute approximate surface area is 163 Å². The number of benzene rings is 2. The molecule has 2 aromatic rings. The standard InChI is InChI=1S/C18H21N3O5.ClH/c1-11-4-5-13(19)9-14(11)18(22)20-7-6-12-8-16(25-2)17(26-3)10-15(12)21(23)24;/h4-5,8-10H,6-7,19H2,1-3H3,(H,20,22);1H. The van der Waals surface area contributed by atoms with Crippen molar-refractivity contribution in [3.05, 3.63) is 57.1 Å². The zero-order valence-electron chi connectivity index (χ0n) is 15.3. The second kappa shape index (κ2) is 9.63. The number of carbonyl (C=O) groups is 1. The summed E-state index contributed by atoms with van der Waals surface area (Å²) in [5, 5.41) is 14.1. The molecule has 0 aliphatic heterocycles. The molecule has 0 aliphatic carbocycles. The first kappa shape index (κ1) is 22.0. The van der Waals surface area contributed by atoms with Crippen LogP contribution in [0.2, 0.25) is 0 Å². The predicted octanol–water partition coefficient (Wildman–Crippen LogP) is 2.90. The van der Waals surface area contributed by atoms with Crippen molar-refractivity contribution in [2.45, 2.75) is 13.3 Å². The van der Waals surface area contributed by atoms with E-state index in [9.17, 15) is 14.9 Å². The highest BCUT2D eigenvalue weighted by atomic mass is 35.5. The number of nitrogen functional groups attached to an aromatic ring is 1. The van der Waals surface area contributed by atoms with Gasteiger partial charge in [-0.25, -0.2) is 0 Å². The van der Waals surface area contributed by atoms with E-state index in [1.165, 1.54) is 20.3 Å². The molecule has 0 saturated carbocycles. The van der Waals surface area contributed by atoms with Gasteiger partial charge in [0, 0.05) is 23.4 Å². The van der Waals surface area contributed by atoms with Crippen LogP contribution in [0.1, 0.15) is 21.5 Å². The SMILES string of the molecule is COc1cc(CCNC(=O)c2cc(N)ccc2C)c([N+](=O)[O-])cc1OC.Cl. The molecule has 8 nitrogen and oxygen atoms in total. The number of methoxy groups -OCH3 is 2. The van der Waals surface area contributed by atoms with Gasteiger partial charge in [0.1, 0.15) is 0 Å². The van der Waals surface area contributed by atoms with E-state index in [0.29, 0.717) is 22.6 Å². The number of carbonyl (C=O) groups excluding carboxylic acids is 1. The van der Waals surface area contributed by atoms with Gasteiger partial charge < -0.3 is 20.5 Å². The van der Waals surface area contributed by atoms with Crippen molar-refractivity contribution >= 4 is 29.7 Å². The van der Waals surface area contributed by atoms with Crippen LogP contribution in [-0.4, -0.2) is 31.6 Å². The van der Waals surface area contributed by atoms with Gasteiger partial charge >= 0.3 is 0 Å². The van der Waals surface area contributed by atoms with Gasteiger partial charge in [-0.2, -0.15) is 0 Å². The highest BCUT2D eigenvalue weighted by Gasteiger charge is 2.19.